The molecule has 0 spiro atoms. The minimum atomic E-state index is -0.106. The van der Waals surface area contributed by atoms with Gasteiger partial charge in [-0.3, -0.25) is 9.59 Å². The van der Waals surface area contributed by atoms with E-state index in [9.17, 15) is 9.59 Å². The van der Waals surface area contributed by atoms with Gasteiger partial charge in [0.15, 0.2) is 0 Å². The predicted molar refractivity (Wildman–Crippen MR) is 121 cm³/mol. The molecular formula is C25H31N3O2. The topological polar surface area (TPSA) is 52.6 Å². The lowest BCUT2D eigenvalue weighted by molar-refractivity contribution is -0.118. The zero-order chi connectivity index (χ0) is 21.1. The van der Waals surface area contributed by atoms with E-state index >= 15 is 0 Å². The summed E-state index contributed by atoms with van der Waals surface area (Å²) in [5.74, 6) is 0.614. The van der Waals surface area contributed by atoms with Crippen molar-refractivity contribution in [1.29, 1.82) is 0 Å². The van der Waals surface area contributed by atoms with E-state index in [1.165, 1.54) is 37.7 Å². The average molecular weight is 406 g/mol. The zero-order valence-electron chi connectivity index (χ0n) is 17.9. The molecule has 2 fully saturated rings. The molecule has 1 aliphatic carbocycles. The number of anilines is 2. The first kappa shape index (κ1) is 20.6. The van der Waals surface area contributed by atoms with Crippen LogP contribution < -0.4 is 15.1 Å². The molecule has 5 nitrogen and oxygen atoms in total. The third-order valence-corrected chi connectivity index (χ3v) is 6.64. The normalized spacial score (nSPS) is 19.9. The molecular weight excluding hydrogens is 374 g/mol. The molecule has 2 amide bonds. The Kier molecular flexibility index (Phi) is 6.18. The van der Waals surface area contributed by atoms with Crippen LogP contribution in [0.15, 0.2) is 48.5 Å². The number of rotatable bonds is 5. The number of hydrogen-bond donors (Lipinski definition) is 1. The molecule has 1 saturated carbocycles. The van der Waals surface area contributed by atoms with Crippen molar-refractivity contribution in [3.8, 4) is 0 Å². The Labute approximate surface area is 179 Å². The number of amides is 2. The van der Waals surface area contributed by atoms with E-state index in [0.717, 1.165) is 23.4 Å². The maximum Gasteiger partial charge on any atom is 0.258 e. The molecule has 158 valence electrons. The van der Waals surface area contributed by atoms with Crippen LogP contribution in [0.5, 0.6) is 0 Å². The van der Waals surface area contributed by atoms with Gasteiger partial charge in [-0.2, -0.15) is 0 Å². The van der Waals surface area contributed by atoms with E-state index in [1.807, 2.05) is 61.5 Å². The largest absolute Gasteiger partial charge is 0.311 e. The maximum absolute atomic E-state index is 13.3. The second-order valence-electron chi connectivity index (χ2n) is 8.42. The van der Waals surface area contributed by atoms with Crippen molar-refractivity contribution in [2.75, 3.05) is 30.4 Å². The fourth-order valence-electron chi connectivity index (χ4n) is 4.82. The van der Waals surface area contributed by atoms with Gasteiger partial charge < -0.3 is 15.1 Å². The highest BCUT2D eigenvalue weighted by molar-refractivity contribution is 6.07. The molecule has 5 heteroatoms. The maximum atomic E-state index is 13.3. The lowest BCUT2D eigenvalue weighted by atomic mass is 9.82. The van der Waals surface area contributed by atoms with Crippen molar-refractivity contribution in [3.05, 3.63) is 59.7 Å². The van der Waals surface area contributed by atoms with Gasteiger partial charge in [0.2, 0.25) is 5.91 Å². The standard InChI is InChI=1S/C25H31N3O2/c1-26-23-16-17-28(25(23)30)20-14-12-19(13-15-20)27(2)24(29)22-11-7-6-10-21(22)18-8-4-3-5-9-18/h6-7,10-15,18,23,26H,3-5,8-9,16-17H2,1-2H3. The SMILES string of the molecule is CNC1CCN(c2ccc(N(C)C(=O)c3ccccc3C3CCCCC3)cc2)C1=O. The van der Waals surface area contributed by atoms with Crippen LogP contribution in [0.3, 0.4) is 0 Å². The third-order valence-electron chi connectivity index (χ3n) is 6.64. The van der Waals surface area contributed by atoms with Crippen molar-refractivity contribution in [2.24, 2.45) is 0 Å². The molecule has 0 aromatic heterocycles. The second-order valence-corrected chi connectivity index (χ2v) is 8.42. The molecule has 1 heterocycles. The van der Waals surface area contributed by atoms with Crippen LogP contribution in [0.2, 0.25) is 0 Å². The first-order valence-electron chi connectivity index (χ1n) is 11.1. The molecule has 30 heavy (non-hydrogen) atoms. The zero-order valence-corrected chi connectivity index (χ0v) is 17.9. The van der Waals surface area contributed by atoms with E-state index in [2.05, 4.69) is 11.4 Å². The van der Waals surface area contributed by atoms with E-state index in [0.29, 0.717) is 12.5 Å². The Morgan fingerprint density at radius 3 is 2.37 bits per heavy atom. The molecule has 1 saturated heterocycles. The molecule has 2 aromatic rings. The van der Waals surface area contributed by atoms with Crippen LogP contribution in [-0.2, 0) is 4.79 Å². The van der Waals surface area contributed by atoms with Gasteiger partial charge in [-0.25, -0.2) is 0 Å². The molecule has 0 radical (unpaired) electrons. The number of benzene rings is 2. The lowest BCUT2D eigenvalue weighted by Gasteiger charge is -2.26. The first-order chi connectivity index (χ1) is 14.6. The Balaban J connectivity index is 1.52. The van der Waals surface area contributed by atoms with Crippen molar-refractivity contribution >= 4 is 23.2 Å². The monoisotopic (exact) mass is 405 g/mol. The van der Waals surface area contributed by atoms with Crippen LogP contribution in [-0.4, -0.2) is 38.5 Å². The lowest BCUT2D eigenvalue weighted by Crippen LogP contribution is -2.36. The highest BCUT2D eigenvalue weighted by Gasteiger charge is 2.31. The van der Waals surface area contributed by atoms with Gasteiger partial charge in [0.1, 0.15) is 0 Å². The number of nitrogens with zero attached hydrogens (tertiary/aromatic N) is 2. The summed E-state index contributed by atoms with van der Waals surface area (Å²) in [6.07, 6.45) is 6.93. The Hall–Kier alpha value is -2.66. The summed E-state index contributed by atoms with van der Waals surface area (Å²) in [7, 11) is 3.65. The van der Waals surface area contributed by atoms with E-state index < -0.39 is 0 Å². The molecule has 4 rings (SSSR count). The Morgan fingerprint density at radius 1 is 1.00 bits per heavy atom. The highest BCUT2D eigenvalue weighted by atomic mass is 16.2. The van der Waals surface area contributed by atoms with E-state index in [-0.39, 0.29) is 17.9 Å². The van der Waals surface area contributed by atoms with Crippen LogP contribution in [0.1, 0.15) is 60.4 Å². The van der Waals surface area contributed by atoms with Crippen LogP contribution in [0, 0.1) is 0 Å². The number of nitrogens with one attached hydrogen (secondary N) is 1. The highest BCUT2D eigenvalue weighted by Crippen LogP contribution is 2.35. The fraction of sp³-hybridized carbons (Fsp3) is 0.440. The quantitative estimate of drug-likeness (QED) is 0.805. The molecule has 1 N–H and O–H groups in total. The molecule has 0 bridgehead atoms. The summed E-state index contributed by atoms with van der Waals surface area (Å²) in [6.45, 7) is 0.715. The van der Waals surface area contributed by atoms with Gasteiger partial charge in [-0.1, -0.05) is 37.5 Å². The van der Waals surface area contributed by atoms with Crippen LogP contribution in [0.25, 0.3) is 0 Å². The van der Waals surface area contributed by atoms with Crippen molar-refractivity contribution in [2.45, 2.75) is 50.5 Å². The number of likely N-dealkylation sites (N-methyl/N-ethyl adjacent to an activating group) is 1. The molecule has 1 atom stereocenters. The smallest absolute Gasteiger partial charge is 0.258 e. The van der Waals surface area contributed by atoms with Crippen molar-refractivity contribution in [1.82, 2.24) is 5.32 Å². The van der Waals surface area contributed by atoms with Gasteiger partial charge in [0.25, 0.3) is 5.91 Å². The molecule has 1 unspecified atom stereocenters. The van der Waals surface area contributed by atoms with Crippen molar-refractivity contribution < 1.29 is 9.59 Å². The van der Waals surface area contributed by atoms with Gasteiger partial charge >= 0.3 is 0 Å². The van der Waals surface area contributed by atoms with Gasteiger partial charge in [-0.05, 0) is 68.1 Å². The Bertz CT molecular complexity index is 903. The first-order valence-corrected chi connectivity index (χ1v) is 11.1. The predicted octanol–water partition coefficient (Wildman–Crippen LogP) is 4.34. The van der Waals surface area contributed by atoms with Gasteiger partial charge in [0.05, 0.1) is 6.04 Å². The van der Waals surface area contributed by atoms with Crippen molar-refractivity contribution in [3.63, 3.8) is 0 Å². The summed E-state index contributed by atoms with van der Waals surface area (Å²) in [6, 6.07) is 15.7. The van der Waals surface area contributed by atoms with E-state index in [1.54, 1.807) is 4.90 Å². The number of carbonyl (C=O) groups is 2. The molecule has 2 aromatic carbocycles. The second kappa shape index (κ2) is 9.00. The van der Waals surface area contributed by atoms with E-state index in [4.69, 9.17) is 0 Å². The minimum absolute atomic E-state index is 0.0245. The fourth-order valence-corrected chi connectivity index (χ4v) is 4.82. The summed E-state index contributed by atoms with van der Waals surface area (Å²) < 4.78 is 0. The summed E-state index contributed by atoms with van der Waals surface area (Å²) in [4.78, 5) is 29.3. The number of carbonyl (C=O) groups excluding carboxylic acids is 2. The minimum Gasteiger partial charge on any atom is -0.311 e. The summed E-state index contributed by atoms with van der Waals surface area (Å²) in [5, 5.41) is 3.06. The van der Waals surface area contributed by atoms with Gasteiger partial charge in [-0.15, -0.1) is 0 Å². The molecule has 2 aliphatic rings. The summed E-state index contributed by atoms with van der Waals surface area (Å²) in [5.41, 5.74) is 3.71. The number of hydrogen-bond acceptors (Lipinski definition) is 3. The average Bonchev–Trinajstić information content (AvgIpc) is 3.19. The third kappa shape index (κ3) is 3.99. The van der Waals surface area contributed by atoms with Crippen LogP contribution >= 0.6 is 0 Å². The Morgan fingerprint density at radius 2 is 1.70 bits per heavy atom. The summed E-state index contributed by atoms with van der Waals surface area (Å²) >= 11 is 0. The van der Waals surface area contributed by atoms with Crippen LogP contribution in [0.4, 0.5) is 11.4 Å². The van der Waals surface area contributed by atoms with Gasteiger partial charge in [0, 0.05) is 30.5 Å². The molecule has 1 aliphatic heterocycles.